The van der Waals surface area contributed by atoms with Gasteiger partial charge in [-0.2, -0.15) is 0 Å². The van der Waals surface area contributed by atoms with Crippen LogP contribution in [0.1, 0.15) is 0 Å². The summed E-state index contributed by atoms with van der Waals surface area (Å²) in [6.45, 7) is 0. The number of benzene rings is 8. The SMILES string of the molecule is c1ccc(-n2c3ccc(-c4cccc(-c5ccc6c7c(cccc57)-c5ccccc5-6)c4)cc3c3c4oc5ccccc5c4ccc32)cc1. The molecule has 0 radical (unpaired) electrons. The fraction of sp³-hybridized carbons (Fsp3) is 0. The van der Waals surface area contributed by atoms with E-state index in [1.165, 1.54) is 60.7 Å². The van der Waals surface area contributed by atoms with Crippen LogP contribution in [0.15, 0.2) is 168 Å². The first-order chi connectivity index (χ1) is 23.8. The number of hydrogen-bond acceptors (Lipinski definition) is 1. The molecule has 222 valence electrons. The van der Waals surface area contributed by atoms with E-state index >= 15 is 0 Å². The molecule has 11 rings (SSSR count). The van der Waals surface area contributed by atoms with Gasteiger partial charge in [0.25, 0.3) is 0 Å². The average Bonchev–Trinajstić information content (AvgIpc) is 3.81. The molecule has 0 N–H and O–H groups in total. The van der Waals surface area contributed by atoms with Crippen molar-refractivity contribution in [3.05, 3.63) is 164 Å². The first-order valence-electron chi connectivity index (χ1n) is 16.5. The molecule has 0 saturated heterocycles. The number of fused-ring (bicyclic) bond motifs is 10. The van der Waals surface area contributed by atoms with Crippen molar-refractivity contribution in [3.8, 4) is 50.2 Å². The van der Waals surface area contributed by atoms with Gasteiger partial charge in [0.2, 0.25) is 0 Å². The number of aromatic nitrogens is 1. The van der Waals surface area contributed by atoms with Gasteiger partial charge in [0.15, 0.2) is 0 Å². The standard InChI is InChI=1S/C46H27NO/c1-2-12-31(13-3-1)47-41-24-20-29(27-40(41)45-42(47)25-23-39-35-16-6-7-19-43(35)48-46(39)45)28-10-8-11-30(26-28)32-21-22-38-34-15-5-4-14-33(34)37-18-9-17-36(32)44(37)38/h1-27H. The number of furan rings is 1. The fourth-order valence-corrected chi connectivity index (χ4v) is 8.25. The van der Waals surface area contributed by atoms with Gasteiger partial charge in [-0.1, -0.05) is 115 Å². The largest absolute Gasteiger partial charge is 0.455 e. The maximum Gasteiger partial charge on any atom is 0.145 e. The lowest BCUT2D eigenvalue weighted by Gasteiger charge is -2.12. The van der Waals surface area contributed by atoms with Gasteiger partial charge in [-0.3, -0.25) is 0 Å². The Morgan fingerprint density at radius 3 is 1.92 bits per heavy atom. The zero-order valence-corrected chi connectivity index (χ0v) is 25.9. The lowest BCUT2D eigenvalue weighted by Crippen LogP contribution is -1.93. The Balaban J connectivity index is 1.13. The molecule has 0 spiro atoms. The third-order valence-electron chi connectivity index (χ3n) is 10.3. The zero-order chi connectivity index (χ0) is 31.3. The maximum absolute atomic E-state index is 6.62. The smallest absolute Gasteiger partial charge is 0.145 e. The Bertz CT molecular complexity index is 2910. The molecule has 8 aromatic carbocycles. The van der Waals surface area contributed by atoms with Crippen LogP contribution in [0.3, 0.4) is 0 Å². The van der Waals surface area contributed by atoms with Gasteiger partial charge < -0.3 is 8.98 Å². The lowest BCUT2D eigenvalue weighted by molar-refractivity contribution is 0.673. The van der Waals surface area contributed by atoms with Crippen molar-refractivity contribution in [2.75, 3.05) is 0 Å². The normalized spacial score (nSPS) is 12.2. The Kier molecular flexibility index (Phi) is 5.14. The molecule has 1 aliphatic carbocycles. The van der Waals surface area contributed by atoms with E-state index in [9.17, 15) is 0 Å². The van der Waals surface area contributed by atoms with Crippen LogP contribution in [0.25, 0.3) is 105 Å². The van der Waals surface area contributed by atoms with E-state index in [4.69, 9.17) is 4.42 Å². The molecule has 2 heterocycles. The van der Waals surface area contributed by atoms with Crippen LogP contribution < -0.4 is 0 Å². The minimum absolute atomic E-state index is 0.915. The third-order valence-corrected chi connectivity index (χ3v) is 10.3. The first kappa shape index (κ1) is 25.8. The van der Waals surface area contributed by atoms with Gasteiger partial charge in [-0.15, -0.1) is 0 Å². The minimum atomic E-state index is 0.915. The van der Waals surface area contributed by atoms with Crippen LogP contribution in [-0.4, -0.2) is 4.57 Å². The highest BCUT2D eigenvalue weighted by molar-refractivity contribution is 6.24. The van der Waals surface area contributed by atoms with Gasteiger partial charge in [-0.05, 0) is 104 Å². The van der Waals surface area contributed by atoms with E-state index < -0.39 is 0 Å². The molecule has 0 saturated carbocycles. The highest BCUT2D eigenvalue weighted by Gasteiger charge is 2.23. The molecular weight excluding hydrogens is 583 g/mol. The van der Waals surface area contributed by atoms with Crippen molar-refractivity contribution in [1.29, 1.82) is 0 Å². The van der Waals surface area contributed by atoms with Crippen LogP contribution in [0.5, 0.6) is 0 Å². The molecule has 2 nitrogen and oxygen atoms in total. The van der Waals surface area contributed by atoms with Crippen molar-refractivity contribution in [3.63, 3.8) is 0 Å². The van der Waals surface area contributed by atoms with Crippen molar-refractivity contribution in [1.82, 2.24) is 4.57 Å². The summed E-state index contributed by atoms with van der Waals surface area (Å²) in [5, 5.41) is 7.27. The summed E-state index contributed by atoms with van der Waals surface area (Å²) in [6.07, 6.45) is 0. The second kappa shape index (κ2) is 9.57. The van der Waals surface area contributed by atoms with E-state index in [0.717, 1.165) is 44.0 Å². The average molecular weight is 610 g/mol. The Morgan fingerprint density at radius 2 is 1.02 bits per heavy atom. The summed E-state index contributed by atoms with van der Waals surface area (Å²) in [6, 6.07) is 59.5. The van der Waals surface area contributed by atoms with Crippen LogP contribution >= 0.6 is 0 Å². The van der Waals surface area contributed by atoms with E-state index in [1.54, 1.807) is 0 Å². The zero-order valence-electron chi connectivity index (χ0n) is 25.9. The maximum atomic E-state index is 6.62. The summed E-state index contributed by atoms with van der Waals surface area (Å²) in [5.74, 6) is 0. The van der Waals surface area contributed by atoms with Gasteiger partial charge >= 0.3 is 0 Å². The Morgan fingerprint density at radius 1 is 0.354 bits per heavy atom. The summed E-state index contributed by atoms with van der Waals surface area (Å²) in [7, 11) is 0. The van der Waals surface area contributed by atoms with E-state index in [1.807, 2.05) is 6.07 Å². The quantitative estimate of drug-likeness (QED) is 0.195. The first-order valence-corrected chi connectivity index (χ1v) is 16.5. The molecule has 10 aromatic rings. The van der Waals surface area contributed by atoms with E-state index in [-0.39, 0.29) is 0 Å². The van der Waals surface area contributed by atoms with Gasteiger partial charge in [-0.25, -0.2) is 0 Å². The molecule has 0 unspecified atom stereocenters. The monoisotopic (exact) mass is 609 g/mol. The molecule has 48 heavy (non-hydrogen) atoms. The van der Waals surface area contributed by atoms with Crippen LogP contribution in [0.4, 0.5) is 0 Å². The van der Waals surface area contributed by atoms with Crippen LogP contribution in [0, 0.1) is 0 Å². The van der Waals surface area contributed by atoms with Gasteiger partial charge in [0.05, 0.1) is 16.4 Å². The summed E-state index contributed by atoms with van der Waals surface area (Å²) in [5.41, 5.74) is 15.5. The molecule has 0 bridgehead atoms. The Hall–Kier alpha value is -6.38. The molecule has 2 aromatic heterocycles. The van der Waals surface area contributed by atoms with Gasteiger partial charge in [0.1, 0.15) is 11.2 Å². The van der Waals surface area contributed by atoms with Gasteiger partial charge in [0, 0.05) is 21.8 Å². The highest BCUT2D eigenvalue weighted by Crippen LogP contribution is 2.49. The number of nitrogens with zero attached hydrogens (tertiary/aromatic N) is 1. The number of para-hydroxylation sites is 2. The van der Waals surface area contributed by atoms with Crippen molar-refractivity contribution in [2.24, 2.45) is 0 Å². The predicted octanol–water partition coefficient (Wildman–Crippen LogP) is 12.8. The predicted molar refractivity (Wildman–Crippen MR) is 201 cm³/mol. The third kappa shape index (κ3) is 3.46. The number of rotatable bonds is 3. The van der Waals surface area contributed by atoms with Crippen molar-refractivity contribution >= 4 is 54.5 Å². The topological polar surface area (TPSA) is 18.1 Å². The van der Waals surface area contributed by atoms with E-state index in [0.29, 0.717) is 0 Å². The molecule has 0 aliphatic heterocycles. The summed E-state index contributed by atoms with van der Waals surface area (Å²) in [4.78, 5) is 0. The fourth-order valence-electron chi connectivity index (χ4n) is 8.25. The van der Waals surface area contributed by atoms with E-state index in [2.05, 4.69) is 162 Å². The minimum Gasteiger partial charge on any atom is -0.455 e. The van der Waals surface area contributed by atoms with Crippen molar-refractivity contribution in [2.45, 2.75) is 0 Å². The van der Waals surface area contributed by atoms with Crippen molar-refractivity contribution < 1.29 is 4.42 Å². The molecule has 0 atom stereocenters. The second-order valence-corrected chi connectivity index (χ2v) is 12.9. The highest BCUT2D eigenvalue weighted by atomic mass is 16.3. The molecule has 2 heteroatoms. The summed E-state index contributed by atoms with van der Waals surface area (Å²) < 4.78 is 8.98. The molecule has 0 amide bonds. The molecular formula is C46H27NO. The lowest BCUT2D eigenvalue weighted by atomic mass is 9.92. The molecule has 1 aliphatic rings. The Labute approximate surface area is 276 Å². The van der Waals surface area contributed by atoms with Crippen LogP contribution in [0.2, 0.25) is 0 Å². The summed E-state index contributed by atoms with van der Waals surface area (Å²) >= 11 is 0. The number of hydrogen-bond donors (Lipinski definition) is 0. The van der Waals surface area contributed by atoms with Crippen LogP contribution in [-0.2, 0) is 0 Å². The second-order valence-electron chi connectivity index (χ2n) is 12.9. The molecule has 0 fully saturated rings.